The van der Waals surface area contributed by atoms with Crippen LogP contribution in [0.15, 0.2) is 67.6 Å². The van der Waals surface area contributed by atoms with Crippen molar-refractivity contribution in [2.24, 2.45) is 4.99 Å². The molecule has 1 aliphatic rings. The van der Waals surface area contributed by atoms with E-state index in [9.17, 15) is 9.59 Å². The molecule has 2 aromatic carbocycles. The third kappa shape index (κ3) is 4.86. The van der Waals surface area contributed by atoms with E-state index in [1.54, 1.807) is 10.6 Å². The van der Waals surface area contributed by atoms with Crippen molar-refractivity contribution in [2.45, 2.75) is 52.8 Å². The van der Waals surface area contributed by atoms with Crippen molar-refractivity contribution in [3.8, 4) is 17.2 Å². The summed E-state index contributed by atoms with van der Waals surface area (Å²) in [5.74, 6) is 1.83. The summed E-state index contributed by atoms with van der Waals surface area (Å²) in [6, 6.07) is 14.7. The highest BCUT2D eigenvalue weighted by Gasteiger charge is 2.25. The van der Waals surface area contributed by atoms with Crippen molar-refractivity contribution >= 4 is 23.1 Å². The van der Waals surface area contributed by atoms with Gasteiger partial charge in [-0.25, -0.2) is 9.79 Å². The largest absolute Gasteiger partial charge is 0.485 e. The first-order valence-corrected chi connectivity index (χ1v) is 12.6. The number of nitrogens with zero attached hydrogens (tertiary/aromatic N) is 5. The van der Waals surface area contributed by atoms with Gasteiger partial charge in [-0.2, -0.15) is 4.98 Å². The molecule has 1 aliphatic heterocycles. The molecule has 3 heterocycles. The number of rotatable bonds is 9. The molecule has 0 saturated carbocycles. The molecule has 37 heavy (non-hydrogen) atoms. The smallest absolute Gasteiger partial charge is 0.332 e. The maximum Gasteiger partial charge on any atom is 0.332 e. The van der Waals surface area contributed by atoms with Gasteiger partial charge in [0.15, 0.2) is 6.61 Å². The Balaban J connectivity index is 1.31. The standard InChI is InChI=1S/C27H26ClN5O4/c1-3-13-32-24-20(26(34)33(14-4-2)27(32)35)15-22(29-24)17-9-11-18(12-10-17)36-16-23-30-25(37-31-23)19-7-5-6-8-21(19)28/h5-12H,3-4,13-16H2,1-2H3. The van der Waals surface area contributed by atoms with E-state index in [0.29, 0.717) is 65.4 Å². The summed E-state index contributed by atoms with van der Waals surface area (Å²) in [4.78, 5) is 35.0. The highest BCUT2D eigenvalue weighted by molar-refractivity contribution is 6.33. The van der Waals surface area contributed by atoms with Crippen molar-refractivity contribution < 1.29 is 9.26 Å². The van der Waals surface area contributed by atoms with E-state index in [1.807, 2.05) is 56.3 Å². The minimum Gasteiger partial charge on any atom is -0.485 e. The lowest BCUT2D eigenvalue weighted by atomic mass is 10.1. The van der Waals surface area contributed by atoms with Crippen molar-refractivity contribution in [3.63, 3.8) is 0 Å². The fraction of sp³-hybridized carbons (Fsp3) is 0.296. The van der Waals surface area contributed by atoms with Crippen molar-refractivity contribution in [2.75, 3.05) is 0 Å². The van der Waals surface area contributed by atoms with Crippen molar-refractivity contribution in [3.05, 3.63) is 91.3 Å². The Labute approximate surface area is 218 Å². The lowest BCUT2D eigenvalue weighted by Crippen LogP contribution is -2.41. The summed E-state index contributed by atoms with van der Waals surface area (Å²) < 4.78 is 14.1. The van der Waals surface area contributed by atoms with E-state index in [1.165, 1.54) is 4.57 Å². The lowest BCUT2D eigenvalue weighted by Gasteiger charge is -2.12. The van der Waals surface area contributed by atoms with Crippen molar-refractivity contribution in [1.82, 2.24) is 19.3 Å². The molecule has 0 unspecified atom stereocenters. The first kappa shape index (κ1) is 24.7. The summed E-state index contributed by atoms with van der Waals surface area (Å²) in [5, 5.41) is 4.49. The van der Waals surface area contributed by atoms with Crippen LogP contribution >= 0.6 is 11.6 Å². The molecule has 0 fully saturated rings. The van der Waals surface area contributed by atoms with Gasteiger partial charge in [-0.05, 0) is 54.8 Å². The molecule has 0 amide bonds. The number of ether oxygens (including phenoxy) is 1. The van der Waals surface area contributed by atoms with Crippen LogP contribution < -0.4 is 16.0 Å². The fourth-order valence-electron chi connectivity index (χ4n) is 4.32. The summed E-state index contributed by atoms with van der Waals surface area (Å²) >= 11 is 6.20. The highest BCUT2D eigenvalue weighted by Crippen LogP contribution is 2.28. The summed E-state index contributed by atoms with van der Waals surface area (Å²) in [7, 11) is 0. The number of benzene rings is 2. The quantitative estimate of drug-likeness (QED) is 0.315. The van der Waals surface area contributed by atoms with Gasteiger partial charge in [0.05, 0.1) is 21.9 Å². The van der Waals surface area contributed by atoms with Crippen LogP contribution in [0.2, 0.25) is 5.02 Å². The fourth-order valence-corrected chi connectivity index (χ4v) is 4.54. The van der Waals surface area contributed by atoms with Crippen LogP contribution in [0, 0.1) is 0 Å². The molecule has 2 aromatic heterocycles. The molecule has 0 saturated heterocycles. The number of hydrogen-bond acceptors (Lipinski definition) is 7. The van der Waals surface area contributed by atoms with Gasteiger partial charge in [-0.1, -0.05) is 42.7 Å². The Morgan fingerprint density at radius 1 is 1.00 bits per heavy atom. The van der Waals surface area contributed by atoms with Crippen LogP contribution in [0.4, 0.5) is 5.82 Å². The van der Waals surface area contributed by atoms with Crippen LogP contribution in [-0.2, 0) is 26.1 Å². The molecule has 5 rings (SSSR count). The van der Waals surface area contributed by atoms with Gasteiger partial charge < -0.3 is 9.26 Å². The van der Waals surface area contributed by atoms with Crippen LogP contribution in [0.5, 0.6) is 5.75 Å². The molecule has 0 bridgehead atoms. The van der Waals surface area contributed by atoms with Gasteiger partial charge in [0, 0.05) is 19.5 Å². The van der Waals surface area contributed by atoms with Gasteiger partial charge in [0.2, 0.25) is 5.82 Å². The van der Waals surface area contributed by atoms with E-state index >= 15 is 0 Å². The summed E-state index contributed by atoms with van der Waals surface area (Å²) in [6.45, 7) is 4.99. The zero-order valence-electron chi connectivity index (χ0n) is 20.6. The lowest BCUT2D eigenvalue weighted by molar-refractivity contribution is 0.287. The SMILES string of the molecule is CCCn1c2c(c(=O)n(CCC)c1=O)CC(c1ccc(OCc3noc(-c4ccccc4Cl)n3)cc1)=N2. The van der Waals surface area contributed by atoms with Gasteiger partial charge in [0.1, 0.15) is 11.6 Å². The second-order valence-electron chi connectivity index (χ2n) is 8.74. The topological polar surface area (TPSA) is 105 Å². The molecule has 0 radical (unpaired) electrons. The van der Waals surface area contributed by atoms with E-state index in [0.717, 1.165) is 17.7 Å². The predicted octanol–water partition coefficient (Wildman–Crippen LogP) is 4.79. The van der Waals surface area contributed by atoms with Gasteiger partial charge in [-0.3, -0.25) is 13.9 Å². The zero-order valence-corrected chi connectivity index (χ0v) is 21.4. The molecule has 10 heteroatoms. The molecular formula is C27H26ClN5O4. The van der Waals surface area contributed by atoms with E-state index in [-0.39, 0.29) is 17.9 Å². The molecule has 9 nitrogen and oxygen atoms in total. The normalized spacial score (nSPS) is 12.5. The second-order valence-corrected chi connectivity index (χ2v) is 9.14. The number of fused-ring (bicyclic) bond motifs is 1. The minimum absolute atomic E-state index is 0.125. The monoisotopic (exact) mass is 519 g/mol. The zero-order chi connectivity index (χ0) is 25.9. The summed E-state index contributed by atoms with van der Waals surface area (Å²) in [5.41, 5.74) is 2.31. The van der Waals surface area contributed by atoms with Crippen LogP contribution in [0.1, 0.15) is 43.6 Å². The molecule has 0 atom stereocenters. The Kier molecular flexibility index (Phi) is 7.05. The third-order valence-corrected chi connectivity index (χ3v) is 6.43. The molecule has 4 aromatic rings. The third-order valence-electron chi connectivity index (χ3n) is 6.10. The van der Waals surface area contributed by atoms with Gasteiger partial charge in [-0.15, -0.1) is 0 Å². The second kappa shape index (κ2) is 10.6. The number of halogens is 1. The van der Waals surface area contributed by atoms with E-state index in [2.05, 4.69) is 10.1 Å². The molecular weight excluding hydrogens is 494 g/mol. The Morgan fingerprint density at radius 3 is 2.46 bits per heavy atom. The van der Waals surface area contributed by atoms with Crippen molar-refractivity contribution in [1.29, 1.82) is 0 Å². The molecule has 0 aliphatic carbocycles. The average Bonchev–Trinajstić information content (AvgIpc) is 3.56. The van der Waals surface area contributed by atoms with Gasteiger partial charge in [0.25, 0.3) is 11.4 Å². The molecule has 0 spiro atoms. The maximum atomic E-state index is 13.0. The Hall–Kier alpha value is -3.98. The Bertz CT molecular complexity index is 1580. The first-order valence-electron chi connectivity index (χ1n) is 12.2. The van der Waals surface area contributed by atoms with E-state index < -0.39 is 0 Å². The average molecular weight is 520 g/mol. The number of hydrogen-bond donors (Lipinski definition) is 0. The summed E-state index contributed by atoms with van der Waals surface area (Å²) in [6.07, 6.45) is 1.87. The predicted molar refractivity (Wildman–Crippen MR) is 141 cm³/mol. The van der Waals surface area contributed by atoms with Crippen LogP contribution in [0.25, 0.3) is 11.5 Å². The maximum absolute atomic E-state index is 13.0. The van der Waals surface area contributed by atoms with E-state index in [4.69, 9.17) is 25.9 Å². The molecule has 190 valence electrons. The number of aromatic nitrogens is 4. The van der Waals surface area contributed by atoms with Crippen LogP contribution in [-0.4, -0.2) is 25.0 Å². The van der Waals surface area contributed by atoms with Gasteiger partial charge >= 0.3 is 5.69 Å². The Morgan fingerprint density at radius 2 is 1.73 bits per heavy atom. The first-order chi connectivity index (χ1) is 18.0. The number of aliphatic imine (C=N–C) groups is 1. The van der Waals surface area contributed by atoms with Crippen LogP contribution in [0.3, 0.4) is 0 Å². The highest BCUT2D eigenvalue weighted by atomic mass is 35.5. The minimum atomic E-state index is -0.291. The molecule has 0 N–H and O–H groups in total.